The van der Waals surface area contributed by atoms with E-state index in [1.165, 1.54) is 32.1 Å². The van der Waals surface area contributed by atoms with E-state index in [0.29, 0.717) is 12.5 Å². The van der Waals surface area contributed by atoms with Gasteiger partial charge in [-0.1, -0.05) is 26.7 Å². The van der Waals surface area contributed by atoms with Gasteiger partial charge in [-0.25, -0.2) is 0 Å². The molecule has 100 valence electrons. The maximum atomic E-state index is 12.2. The Balaban J connectivity index is 2.42. The summed E-state index contributed by atoms with van der Waals surface area (Å²) in [7, 11) is 0. The molecule has 1 aliphatic rings. The average Bonchev–Trinajstić information content (AvgIpc) is 2.54. The molecule has 1 rings (SSSR count). The van der Waals surface area contributed by atoms with Crippen LogP contribution in [0.2, 0.25) is 0 Å². The first-order valence-electron chi connectivity index (χ1n) is 7.17. The summed E-state index contributed by atoms with van der Waals surface area (Å²) >= 11 is 0. The number of likely N-dealkylation sites (tertiary alicyclic amines) is 1. The second kappa shape index (κ2) is 7.70. The lowest BCUT2D eigenvalue weighted by atomic mass is 9.96. The predicted octanol–water partition coefficient (Wildman–Crippen LogP) is 2.40. The van der Waals surface area contributed by atoms with Gasteiger partial charge in [0, 0.05) is 19.0 Å². The molecule has 0 aromatic heterocycles. The zero-order chi connectivity index (χ0) is 12.7. The summed E-state index contributed by atoms with van der Waals surface area (Å²) in [6.45, 7) is 6.77. The summed E-state index contributed by atoms with van der Waals surface area (Å²) in [6.07, 6.45) is 7.06. The topological polar surface area (TPSA) is 46.3 Å². The molecule has 1 saturated heterocycles. The molecule has 1 aliphatic heterocycles. The molecule has 0 bridgehead atoms. The first-order chi connectivity index (χ1) is 8.19. The molecule has 1 amide bonds. The molecule has 0 saturated carbocycles. The highest BCUT2D eigenvalue weighted by Gasteiger charge is 2.23. The van der Waals surface area contributed by atoms with E-state index in [-0.39, 0.29) is 5.92 Å². The van der Waals surface area contributed by atoms with Crippen LogP contribution in [0.1, 0.15) is 52.4 Å². The van der Waals surface area contributed by atoms with Crippen LogP contribution >= 0.6 is 0 Å². The van der Waals surface area contributed by atoms with Crippen molar-refractivity contribution in [1.82, 2.24) is 4.90 Å². The van der Waals surface area contributed by atoms with Gasteiger partial charge in [0.2, 0.25) is 5.91 Å². The second-order valence-electron chi connectivity index (χ2n) is 5.39. The Labute approximate surface area is 106 Å². The highest BCUT2D eigenvalue weighted by Crippen LogP contribution is 2.23. The summed E-state index contributed by atoms with van der Waals surface area (Å²) in [6, 6.07) is 0. The van der Waals surface area contributed by atoms with Gasteiger partial charge in [0.1, 0.15) is 0 Å². The first-order valence-corrected chi connectivity index (χ1v) is 7.17. The summed E-state index contributed by atoms with van der Waals surface area (Å²) in [5.41, 5.74) is 5.52. The van der Waals surface area contributed by atoms with Gasteiger partial charge in [-0.3, -0.25) is 4.79 Å². The maximum Gasteiger partial charge on any atom is 0.225 e. The molecule has 0 spiro atoms. The van der Waals surface area contributed by atoms with Crippen molar-refractivity contribution in [2.24, 2.45) is 17.6 Å². The van der Waals surface area contributed by atoms with Gasteiger partial charge in [-0.2, -0.15) is 0 Å². The predicted molar refractivity (Wildman–Crippen MR) is 71.7 cm³/mol. The summed E-state index contributed by atoms with van der Waals surface area (Å²) in [4.78, 5) is 14.2. The van der Waals surface area contributed by atoms with E-state index in [1.807, 2.05) is 6.92 Å². The fraction of sp³-hybridized carbons (Fsp3) is 0.929. The van der Waals surface area contributed by atoms with Crippen molar-refractivity contribution in [3.05, 3.63) is 0 Å². The van der Waals surface area contributed by atoms with E-state index in [9.17, 15) is 4.79 Å². The lowest BCUT2D eigenvalue weighted by Crippen LogP contribution is -2.36. The van der Waals surface area contributed by atoms with E-state index in [2.05, 4.69) is 11.8 Å². The SMILES string of the molecule is CCCC1CCCN(C(=O)C(C)CCN)CC1. The molecule has 0 aliphatic carbocycles. The lowest BCUT2D eigenvalue weighted by molar-refractivity contribution is -0.135. The summed E-state index contributed by atoms with van der Waals surface area (Å²) in [5.74, 6) is 1.25. The highest BCUT2D eigenvalue weighted by atomic mass is 16.2. The number of hydrogen-bond acceptors (Lipinski definition) is 2. The molecule has 2 atom stereocenters. The Morgan fingerprint density at radius 3 is 2.82 bits per heavy atom. The summed E-state index contributed by atoms with van der Waals surface area (Å²) < 4.78 is 0. The number of amides is 1. The standard InChI is InChI=1S/C14H28N2O/c1-3-5-13-6-4-10-16(11-8-13)14(17)12(2)7-9-15/h12-13H,3-11,15H2,1-2H3. The fourth-order valence-electron chi connectivity index (χ4n) is 2.77. The van der Waals surface area contributed by atoms with Crippen LogP contribution in [-0.4, -0.2) is 30.4 Å². The van der Waals surface area contributed by atoms with Gasteiger partial charge in [0.25, 0.3) is 0 Å². The number of hydrogen-bond donors (Lipinski definition) is 1. The van der Waals surface area contributed by atoms with E-state index in [1.54, 1.807) is 0 Å². The zero-order valence-electron chi connectivity index (χ0n) is 11.5. The van der Waals surface area contributed by atoms with Crippen LogP contribution < -0.4 is 5.73 Å². The summed E-state index contributed by atoms with van der Waals surface area (Å²) in [5, 5.41) is 0. The van der Waals surface area contributed by atoms with Crippen LogP contribution in [0.15, 0.2) is 0 Å². The number of rotatable bonds is 5. The van der Waals surface area contributed by atoms with Crippen LogP contribution in [0.5, 0.6) is 0 Å². The molecule has 0 aromatic rings. The van der Waals surface area contributed by atoms with Crippen molar-refractivity contribution in [2.75, 3.05) is 19.6 Å². The van der Waals surface area contributed by atoms with E-state index >= 15 is 0 Å². The van der Waals surface area contributed by atoms with Crippen molar-refractivity contribution in [2.45, 2.75) is 52.4 Å². The Morgan fingerprint density at radius 1 is 1.41 bits per heavy atom. The van der Waals surface area contributed by atoms with Crippen LogP contribution in [0.3, 0.4) is 0 Å². The lowest BCUT2D eigenvalue weighted by Gasteiger charge is -2.24. The second-order valence-corrected chi connectivity index (χ2v) is 5.39. The Hall–Kier alpha value is -0.570. The number of carbonyl (C=O) groups is 1. The zero-order valence-corrected chi connectivity index (χ0v) is 11.5. The van der Waals surface area contributed by atoms with Gasteiger partial charge >= 0.3 is 0 Å². The quantitative estimate of drug-likeness (QED) is 0.802. The number of nitrogens with zero attached hydrogens (tertiary/aromatic N) is 1. The minimum atomic E-state index is 0.0997. The number of nitrogens with two attached hydrogens (primary N) is 1. The molecule has 2 unspecified atom stereocenters. The molecule has 1 heterocycles. The van der Waals surface area contributed by atoms with Crippen LogP contribution in [0, 0.1) is 11.8 Å². The van der Waals surface area contributed by atoms with Crippen LogP contribution in [-0.2, 0) is 4.79 Å². The maximum absolute atomic E-state index is 12.2. The molecule has 0 aromatic carbocycles. The third-order valence-corrected chi connectivity index (χ3v) is 3.88. The van der Waals surface area contributed by atoms with Crippen molar-refractivity contribution in [3.8, 4) is 0 Å². The van der Waals surface area contributed by atoms with Gasteiger partial charge in [-0.05, 0) is 38.1 Å². The van der Waals surface area contributed by atoms with Gasteiger partial charge < -0.3 is 10.6 Å². The first kappa shape index (κ1) is 14.5. The fourth-order valence-corrected chi connectivity index (χ4v) is 2.77. The van der Waals surface area contributed by atoms with E-state index in [4.69, 9.17) is 5.73 Å². The monoisotopic (exact) mass is 240 g/mol. The van der Waals surface area contributed by atoms with Crippen molar-refractivity contribution < 1.29 is 4.79 Å². The molecule has 1 fully saturated rings. The van der Waals surface area contributed by atoms with Gasteiger partial charge in [0.15, 0.2) is 0 Å². The van der Waals surface area contributed by atoms with Crippen LogP contribution in [0.4, 0.5) is 0 Å². The molecular formula is C14H28N2O. The molecule has 3 heteroatoms. The third kappa shape index (κ3) is 4.66. The normalized spacial score (nSPS) is 23.2. The molecule has 0 radical (unpaired) electrons. The largest absolute Gasteiger partial charge is 0.342 e. The highest BCUT2D eigenvalue weighted by molar-refractivity contribution is 5.78. The third-order valence-electron chi connectivity index (χ3n) is 3.88. The van der Waals surface area contributed by atoms with Crippen LogP contribution in [0.25, 0.3) is 0 Å². The number of carbonyl (C=O) groups excluding carboxylic acids is 1. The van der Waals surface area contributed by atoms with Gasteiger partial charge in [-0.15, -0.1) is 0 Å². The van der Waals surface area contributed by atoms with E-state index < -0.39 is 0 Å². The minimum absolute atomic E-state index is 0.0997. The average molecular weight is 240 g/mol. The molecule has 17 heavy (non-hydrogen) atoms. The van der Waals surface area contributed by atoms with Crippen molar-refractivity contribution in [1.29, 1.82) is 0 Å². The Morgan fingerprint density at radius 2 is 2.18 bits per heavy atom. The Kier molecular flexibility index (Phi) is 6.56. The molecular weight excluding hydrogens is 212 g/mol. The van der Waals surface area contributed by atoms with E-state index in [0.717, 1.165) is 25.4 Å². The molecule has 3 nitrogen and oxygen atoms in total. The molecule has 2 N–H and O–H groups in total. The van der Waals surface area contributed by atoms with Gasteiger partial charge in [0.05, 0.1) is 0 Å². The minimum Gasteiger partial charge on any atom is -0.342 e. The van der Waals surface area contributed by atoms with Crippen molar-refractivity contribution >= 4 is 5.91 Å². The van der Waals surface area contributed by atoms with Crippen molar-refractivity contribution in [3.63, 3.8) is 0 Å². The smallest absolute Gasteiger partial charge is 0.225 e. The Bertz CT molecular complexity index is 230.